The predicted octanol–water partition coefficient (Wildman–Crippen LogP) is 3.22. The second-order valence-corrected chi connectivity index (χ2v) is 9.50. The van der Waals surface area contributed by atoms with Gasteiger partial charge in [0.05, 0.1) is 30.9 Å². The number of carbonyl (C=O) groups excluding carboxylic acids is 1. The molecule has 1 unspecified atom stereocenters. The Morgan fingerprint density at radius 1 is 1.12 bits per heavy atom. The van der Waals surface area contributed by atoms with Crippen molar-refractivity contribution in [3.8, 4) is 17.2 Å². The van der Waals surface area contributed by atoms with E-state index in [1.165, 1.54) is 32.4 Å². The minimum Gasteiger partial charge on any atom is -0.493 e. The number of halogens is 1. The van der Waals surface area contributed by atoms with Crippen molar-refractivity contribution in [1.29, 1.82) is 0 Å². The van der Waals surface area contributed by atoms with Crippen molar-refractivity contribution in [2.45, 2.75) is 30.3 Å². The third-order valence-corrected chi connectivity index (χ3v) is 6.67. The molecule has 0 saturated carbocycles. The van der Waals surface area contributed by atoms with Gasteiger partial charge in [-0.05, 0) is 43.2 Å². The summed E-state index contributed by atoms with van der Waals surface area (Å²) in [6.07, 6.45) is 1.85. The molecular formula is C22H27ClN2O7S. The second kappa shape index (κ2) is 11.6. The zero-order valence-corrected chi connectivity index (χ0v) is 20.0. The van der Waals surface area contributed by atoms with Crippen LogP contribution in [0.2, 0.25) is 5.02 Å². The number of sulfonamides is 1. The first kappa shape index (κ1) is 25.1. The molecule has 1 aliphatic rings. The fourth-order valence-corrected chi connectivity index (χ4v) is 4.48. The molecule has 9 nitrogen and oxygen atoms in total. The third kappa shape index (κ3) is 6.97. The lowest BCUT2D eigenvalue weighted by molar-refractivity contribution is -0.116. The van der Waals surface area contributed by atoms with Gasteiger partial charge in [0, 0.05) is 30.7 Å². The van der Waals surface area contributed by atoms with Crippen LogP contribution in [0.3, 0.4) is 0 Å². The first-order chi connectivity index (χ1) is 15.8. The Hall–Kier alpha value is -2.53. The van der Waals surface area contributed by atoms with Crippen LogP contribution in [0.4, 0.5) is 5.69 Å². The zero-order valence-electron chi connectivity index (χ0n) is 18.4. The molecule has 1 fully saturated rings. The zero-order chi connectivity index (χ0) is 23.8. The molecule has 1 atom stereocenters. The summed E-state index contributed by atoms with van der Waals surface area (Å²) in [4.78, 5) is 12.4. The first-order valence-corrected chi connectivity index (χ1v) is 12.2. The molecule has 0 spiro atoms. The normalized spacial score (nSPS) is 15.8. The van der Waals surface area contributed by atoms with E-state index in [1.807, 2.05) is 0 Å². The fraction of sp³-hybridized carbons (Fsp3) is 0.409. The average molecular weight is 499 g/mol. The molecule has 2 aromatic carbocycles. The van der Waals surface area contributed by atoms with Crippen LogP contribution in [0.5, 0.6) is 17.2 Å². The molecule has 0 bridgehead atoms. The highest BCUT2D eigenvalue weighted by molar-refractivity contribution is 7.89. The summed E-state index contributed by atoms with van der Waals surface area (Å²) in [7, 11) is -0.967. The lowest BCUT2D eigenvalue weighted by atomic mass is 10.2. The van der Waals surface area contributed by atoms with E-state index in [4.69, 9.17) is 30.5 Å². The number of nitrogens with one attached hydrogen (secondary N) is 2. The van der Waals surface area contributed by atoms with Crippen LogP contribution >= 0.6 is 11.6 Å². The van der Waals surface area contributed by atoms with Crippen molar-refractivity contribution in [3.63, 3.8) is 0 Å². The van der Waals surface area contributed by atoms with E-state index in [0.29, 0.717) is 28.8 Å². The molecule has 2 aromatic rings. The van der Waals surface area contributed by atoms with Crippen LogP contribution in [0.15, 0.2) is 41.3 Å². The summed E-state index contributed by atoms with van der Waals surface area (Å²) < 4.78 is 49.1. The highest BCUT2D eigenvalue weighted by Crippen LogP contribution is 2.30. The van der Waals surface area contributed by atoms with Gasteiger partial charge in [-0.1, -0.05) is 11.6 Å². The quantitative estimate of drug-likeness (QED) is 0.489. The summed E-state index contributed by atoms with van der Waals surface area (Å²) in [5.41, 5.74) is 0.410. The standard InChI is InChI=1S/C22H27ClN2O7S/c1-29-20-8-6-17(13-21(20)30-2)33(27,28)24-10-9-22(26)25-18-12-15(23)5-7-19(18)32-14-16-4-3-11-31-16/h5-8,12-13,16,24H,3-4,9-11,14H2,1-2H3,(H,25,26). The molecule has 1 saturated heterocycles. The highest BCUT2D eigenvalue weighted by atomic mass is 35.5. The topological polar surface area (TPSA) is 112 Å². The van der Waals surface area contributed by atoms with Crippen molar-refractivity contribution in [3.05, 3.63) is 41.4 Å². The maximum Gasteiger partial charge on any atom is 0.240 e. The number of benzene rings is 2. The van der Waals surface area contributed by atoms with Gasteiger partial charge >= 0.3 is 0 Å². The Morgan fingerprint density at radius 2 is 1.88 bits per heavy atom. The van der Waals surface area contributed by atoms with Gasteiger partial charge in [-0.3, -0.25) is 4.79 Å². The molecule has 33 heavy (non-hydrogen) atoms. The first-order valence-electron chi connectivity index (χ1n) is 10.4. The lowest BCUT2D eigenvalue weighted by Gasteiger charge is -2.16. The third-order valence-electron chi connectivity index (χ3n) is 4.97. The molecule has 1 amide bonds. The molecule has 2 N–H and O–H groups in total. The Kier molecular flexibility index (Phi) is 8.79. The molecule has 180 valence electrons. The molecule has 1 aliphatic heterocycles. The predicted molar refractivity (Wildman–Crippen MR) is 124 cm³/mol. The SMILES string of the molecule is COc1ccc(S(=O)(=O)NCCC(=O)Nc2cc(Cl)ccc2OCC2CCCO2)cc1OC. The monoisotopic (exact) mass is 498 g/mol. The van der Waals surface area contributed by atoms with E-state index in [9.17, 15) is 13.2 Å². The van der Waals surface area contributed by atoms with Crippen LogP contribution in [0, 0.1) is 0 Å². The van der Waals surface area contributed by atoms with Gasteiger partial charge in [0.1, 0.15) is 12.4 Å². The summed E-state index contributed by atoms with van der Waals surface area (Å²) in [6.45, 7) is 0.988. The molecule has 1 heterocycles. The molecular weight excluding hydrogens is 472 g/mol. The van der Waals surface area contributed by atoms with Crippen LogP contribution in [0.25, 0.3) is 0 Å². The minimum absolute atomic E-state index is 0.000201. The Balaban J connectivity index is 1.56. The van der Waals surface area contributed by atoms with Gasteiger partial charge in [0.15, 0.2) is 11.5 Å². The van der Waals surface area contributed by atoms with Gasteiger partial charge in [0.25, 0.3) is 0 Å². The van der Waals surface area contributed by atoms with E-state index >= 15 is 0 Å². The van der Waals surface area contributed by atoms with E-state index in [-0.39, 0.29) is 29.7 Å². The highest BCUT2D eigenvalue weighted by Gasteiger charge is 2.19. The fourth-order valence-electron chi connectivity index (χ4n) is 3.26. The van der Waals surface area contributed by atoms with E-state index in [1.54, 1.807) is 18.2 Å². The second-order valence-electron chi connectivity index (χ2n) is 7.30. The lowest BCUT2D eigenvalue weighted by Crippen LogP contribution is -2.28. The summed E-state index contributed by atoms with van der Waals surface area (Å²) in [6, 6.07) is 9.17. The number of hydrogen-bond donors (Lipinski definition) is 2. The van der Waals surface area contributed by atoms with Crippen molar-refractivity contribution in [1.82, 2.24) is 4.72 Å². The van der Waals surface area contributed by atoms with Crippen molar-refractivity contribution in [2.24, 2.45) is 0 Å². The molecule has 0 radical (unpaired) electrons. The van der Waals surface area contributed by atoms with Crippen LogP contribution in [-0.4, -0.2) is 54.4 Å². The van der Waals surface area contributed by atoms with Gasteiger partial charge in [-0.15, -0.1) is 0 Å². The molecule has 11 heteroatoms. The van der Waals surface area contributed by atoms with Crippen LogP contribution in [0.1, 0.15) is 19.3 Å². The number of hydrogen-bond acceptors (Lipinski definition) is 7. The van der Waals surface area contributed by atoms with Crippen molar-refractivity contribution in [2.75, 3.05) is 39.3 Å². The van der Waals surface area contributed by atoms with Crippen LogP contribution in [-0.2, 0) is 19.6 Å². The number of anilines is 1. The Bertz CT molecular complexity index is 1070. The van der Waals surface area contributed by atoms with E-state index in [2.05, 4.69) is 10.0 Å². The summed E-state index contributed by atoms with van der Waals surface area (Å²) >= 11 is 6.06. The summed E-state index contributed by atoms with van der Waals surface area (Å²) in [5.74, 6) is 0.771. The summed E-state index contributed by atoms with van der Waals surface area (Å²) in [5, 5.41) is 3.16. The maximum atomic E-state index is 12.6. The number of amides is 1. The number of rotatable bonds is 11. The minimum atomic E-state index is -3.84. The number of ether oxygens (including phenoxy) is 4. The van der Waals surface area contributed by atoms with Crippen molar-refractivity contribution < 1.29 is 32.2 Å². The average Bonchev–Trinajstić information content (AvgIpc) is 3.31. The Labute approximate surface area is 198 Å². The molecule has 0 aromatic heterocycles. The van der Waals surface area contributed by atoms with Gasteiger partial charge in [-0.2, -0.15) is 0 Å². The van der Waals surface area contributed by atoms with Gasteiger partial charge < -0.3 is 24.3 Å². The van der Waals surface area contributed by atoms with Gasteiger partial charge in [-0.25, -0.2) is 13.1 Å². The number of carbonyl (C=O) groups is 1. The van der Waals surface area contributed by atoms with Crippen LogP contribution < -0.4 is 24.2 Å². The molecule has 3 rings (SSSR count). The van der Waals surface area contributed by atoms with E-state index in [0.717, 1.165) is 19.4 Å². The maximum absolute atomic E-state index is 12.6. The smallest absolute Gasteiger partial charge is 0.240 e. The van der Waals surface area contributed by atoms with Crippen molar-refractivity contribution >= 4 is 33.2 Å². The Morgan fingerprint density at radius 3 is 2.58 bits per heavy atom. The largest absolute Gasteiger partial charge is 0.493 e. The number of methoxy groups -OCH3 is 2. The van der Waals surface area contributed by atoms with Gasteiger partial charge in [0.2, 0.25) is 15.9 Å². The molecule has 0 aliphatic carbocycles. The van der Waals surface area contributed by atoms with E-state index < -0.39 is 15.9 Å².